The quantitative estimate of drug-likeness (QED) is 0.127. The van der Waals surface area contributed by atoms with Gasteiger partial charge in [0.15, 0.2) is 0 Å². The number of allylic oxidation sites excluding steroid dienone is 4. The molecular weight excluding hydrogens is 540 g/mol. The van der Waals surface area contributed by atoms with E-state index in [4.69, 9.17) is 4.74 Å². The molecule has 1 unspecified atom stereocenters. The summed E-state index contributed by atoms with van der Waals surface area (Å²) in [6.07, 6.45) is 17.7. The summed E-state index contributed by atoms with van der Waals surface area (Å²) in [5.74, 6) is 0.841. The molecule has 43 heavy (non-hydrogen) atoms. The molecule has 10 nitrogen and oxygen atoms in total. The Bertz CT molecular complexity index is 1360. The van der Waals surface area contributed by atoms with E-state index in [0.717, 1.165) is 64.6 Å². The average Bonchev–Trinajstić information content (AvgIpc) is 3.58. The van der Waals surface area contributed by atoms with Gasteiger partial charge < -0.3 is 31.1 Å². The maximum atomic E-state index is 9.80. The zero-order valence-corrected chi connectivity index (χ0v) is 26.2. The first kappa shape index (κ1) is 34.3. The number of rotatable bonds is 12. The van der Waals surface area contributed by atoms with Crippen molar-refractivity contribution in [1.29, 1.82) is 5.26 Å². The number of carbonyl (C=O) groups is 1. The number of carbonyl (C=O) groups excluding carboxylic acids is 1. The van der Waals surface area contributed by atoms with E-state index in [0.29, 0.717) is 19.4 Å². The fraction of sp³-hybridized carbons (Fsp3) is 0.364. The van der Waals surface area contributed by atoms with Gasteiger partial charge in [0.1, 0.15) is 11.9 Å². The number of nitriles is 1. The first-order chi connectivity index (χ1) is 21.0. The second-order valence-electron chi connectivity index (χ2n) is 9.45. The number of hydrogen-bond donors (Lipinski definition) is 5. The van der Waals surface area contributed by atoms with Crippen LogP contribution in [0.4, 0.5) is 11.4 Å². The van der Waals surface area contributed by atoms with Crippen LogP contribution in [0.1, 0.15) is 57.0 Å². The summed E-state index contributed by atoms with van der Waals surface area (Å²) in [6, 6.07) is 10.2. The fourth-order valence-electron chi connectivity index (χ4n) is 4.35. The van der Waals surface area contributed by atoms with Crippen LogP contribution in [0.2, 0.25) is 0 Å². The highest BCUT2D eigenvalue weighted by Crippen LogP contribution is 2.31. The number of nitrogens with one attached hydrogen (secondary N) is 5. The highest BCUT2D eigenvalue weighted by Gasteiger charge is 2.18. The smallest absolute Gasteiger partial charge is 0.207 e. The van der Waals surface area contributed by atoms with Crippen LogP contribution in [0.15, 0.2) is 72.9 Å². The lowest BCUT2D eigenvalue weighted by Crippen LogP contribution is -2.15. The number of hydrogen-bond acceptors (Lipinski definition) is 7. The van der Waals surface area contributed by atoms with E-state index in [9.17, 15) is 10.1 Å². The molecule has 2 aromatic heterocycles. The lowest BCUT2D eigenvalue weighted by atomic mass is 10.1. The molecule has 1 amide bonds. The predicted octanol–water partition coefficient (Wildman–Crippen LogP) is 6.15. The Morgan fingerprint density at radius 3 is 2.63 bits per heavy atom. The average molecular weight is 587 g/mol. The van der Waals surface area contributed by atoms with Crippen molar-refractivity contribution in [2.45, 2.75) is 59.5 Å². The van der Waals surface area contributed by atoms with Crippen LogP contribution in [0, 0.1) is 18.3 Å². The van der Waals surface area contributed by atoms with Crippen molar-refractivity contribution < 1.29 is 9.53 Å². The molecule has 0 saturated carbocycles. The fourth-order valence-corrected chi connectivity index (χ4v) is 4.35. The Labute approximate surface area is 255 Å². The van der Waals surface area contributed by atoms with Gasteiger partial charge in [-0.25, -0.2) is 4.98 Å². The second kappa shape index (κ2) is 19.3. The monoisotopic (exact) mass is 586 g/mol. The first-order valence-electron chi connectivity index (χ1n) is 14.7. The van der Waals surface area contributed by atoms with Crippen LogP contribution < -0.4 is 26.1 Å². The minimum absolute atomic E-state index is 0.0867. The Hall–Kier alpha value is -4.91. The van der Waals surface area contributed by atoms with E-state index in [1.807, 2.05) is 76.1 Å². The number of benzene rings is 1. The molecule has 1 atom stereocenters. The van der Waals surface area contributed by atoms with Gasteiger partial charge in [0.2, 0.25) is 6.41 Å². The zero-order valence-electron chi connectivity index (χ0n) is 26.2. The van der Waals surface area contributed by atoms with E-state index in [1.54, 1.807) is 12.5 Å². The van der Waals surface area contributed by atoms with Crippen molar-refractivity contribution in [3.63, 3.8) is 0 Å². The number of anilines is 2. The van der Waals surface area contributed by atoms with E-state index in [1.165, 1.54) is 0 Å². The summed E-state index contributed by atoms with van der Waals surface area (Å²) in [7, 11) is 3.78. The van der Waals surface area contributed by atoms with Gasteiger partial charge in [0, 0.05) is 50.2 Å². The van der Waals surface area contributed by atoms with Crippen molar-refractivity contribution in [3.05, 3.63) is 89.8 Å². The maximum absolute atomic E-state index is 9.80. The van der Waals surface area contributed by atoms with Crippen molar-refractivity contribution in [2.75, 3.05) is 36.7 Å². The lowest BCUT2D eigenvalue weighted by Gasteiger charge is -2.19. The third-order valence-electron chi connectivity index (χ3n) is 6.56. The molecule has 4 rings (SSSR count). The Morgan fingerprint density at radius 1 is 1.23 bits per heavy atom. The van der Waals surface area contributed by atoms with Crippen LogP contribution in [-0.2, 0) is 11.2 Å². The Kier molecular flexibility index (Phi) is 15.4. The normalized spacial score (nSPS) is 13.9. The highest BCUT2D eigenvalue weighted by molar-refractivity contribution is 5.82. The number of aromatic amines is 1. The molecule has 230 valence electrons. The summed E-state index contributed by atoms with van der Waals surface area (Å²) < 4.78 is 8.07. The van der Waals surface area contributed by atoms with Gasteiger partial charge in [0.05, 0.1) is 42.1 Å². The van der Waals surface area contributed by atoms with Gasteiger partial charge in [-0.05, 0) is 62.6 Å². The molecule has 10 heteroatoms. The minimum atomic E-state index is 0.0867. The molecule has 5 N–H and O–H groups in total. The molecular formula is C33H46N8O2. The van der Waals surface area contributed by atoms with E-state index in [2.05, 4.69) is 62.6 Å². The van der Waals surface area contributed by atoms with Crippen LogP contribution >= 0.6 is 0 Å². The van der Waals surface area contributed by atoms with Gasteiger partial charge in [-0.3, -0.25) is 9.47 Å². The third kappa shape index (κ3) is 10.8. The summed E-state index contributed by atoms with van der Waals surface area (Å²) >= 11 is 0. The summed E-state index contributed by atoms with van der Waals surface area (Å²) in [5, 5.41) is 18.6. The van der Waals surface area contributed by atoms with Gasteiger partial charge in [-0.1, -0.05) is 32.1 Å². The second-order valence-corrected chi connectivity index (χ2v) is 9.45. The topological polar surface area (TPSA) is 132 Å². The van der Waals surface area contributed by atoms with Crippen molar-refractivity contribution in [1.82, 2.24) is 20.0 Å². The van der Waals surface area contributed by atoms with E-state index < -0.39 is 0 Å². The van der Waals surface area contributed by atoms with Crippen molar-refractivity contribution >= 4 is 23.5 Å². The summed E-state index contributed by atoms with van der Waals surface area (Å²) in [5.41, 5.74) is 10.2. The molecule has 1 aromatic carbocycles. The number of H-pyrrole nitrogens is 1. The number of nitrogens with zero attached hydrogens (tertiary/aromatic N) is 3. The summed E-state index contributed by atoms with van der Waals surface area (Å²) in [4.78, 5) is 16.6. The van der Waals surface area contributed by atoms with Gasteiger partial charge in [-0.2, -0.15) is 5.26 Å². The molecule has 1 aliphatic rings. The predicted molar refractivity (Wildman–Crippen MR) is 177 cm³/mol. The highest BCUT2D eigenvalue weighted by atomic mass is 16.5. The Balaban J connectivity index is 0.000000451. The third-order valence-corrected chi connectivity index (χ3v) is 6.56. The number of imidazole rings is 1. The van der Waals surface area contributed by atoms with Crippen LogP contribution in [0.3, 0.4) is 0 Å². The molecule has 0 fully saturated rings. The van der Waals surface area contributed by atoms with E-state index >= 15 is 0 Å². The van der Waals surface area contributed by atoms with Crippen LogP contribution in [-0.4, -0.2) is 47.8 Å². The van der Waals surface area contributed by atoms with Crippen molar-refractivity contribution in [3.8, 4) is 11.8 Å². The Morgan fingerprint density at radius 2 is 2.00 bits per heavy atom. The van der Waals surface area contributed by atoms with Crippen LogP contribution in [0.25, 0.3) is 5.70 Å². The molecule has 0 aliphatic heterocycles. The van der Waals surface area contributed by atoms with Crippen LogP contribution in [0.5, 0.6) is 5.75 Å². The first-order valence-corrected chi connectivity index (χ1v) is 14.7. The molecule has 0 spiro atoms. The lowest BCUT2D eigenvalue weighted by molar-refractivity contribution is -0.109. The SMILES string of the molecule is CC.CNc1cn(NC)c(/C(Nc2ccc(OC3C=CC=CCC3)cc2)=C(\C)CC#N)c1C.O=CNCCc1cnc[nH]1. The zero-order chi connectivity index (χ0) is 31.5. The standard InChI is InChI=1S/C25H31N5O.C6H9N3O.C2H6/c1-18(15-16-26)24(25-19(2)23(27-3)17-30(25)28-4)29-20-11-13-22(14-12-20)31-21-9-7-5-6-8-10-21;10-5-7-2-1-6-3-8-4-9-6;1-2/h5-7,9,11-14,17,21,27-29H,8,10,15H2,1-4H3;3-5H,1-2H2,(H,7,10)(H,8,9);1-2H3/b24-18-;;. The maximum Gasteiger partial charge on any atom is 0.207 e. The van der Waals surface area contributed by atoms with Gasteiger partial charge >= 0.3 is 0 Å². The number of aromatic nitrogens is 3. The minimum Gasteiger partial charge on any atom is -0.486 e. The van der Waals surface area contributed by atoms with E-state index in [-0.39, 0.29) is 6.10 Å². The molecule has 0 bridgehead atoms. The molecule has 0 radical (unpaired) electrons. The van der Waals surface area contributed by atoms with Gasteiger partial charge in [0.25, 0.3) is 0 Å². The molecule has 3 aromatic rings. The number of ether oxygens (including phenoxy) is 1. The molecule has 1 aliphatic carbocycles. The molecule has 0 saturated heterocycles. The van der Waals surface area contributed by atoms with Gasteiger partial charge in [-0.15, -0.1) is 0 Å². The summed E-state index contributed by atoms with van der Waals surface area (Å²) in [6.45, 7) is 8.72. The largest absolute Gasteiger partial charge is 0.486 e. The number of amides is 1. The molecule has 2 heterocycles. The van der Waals surface area contributed by atoms with Crippen molar-refractivity contribution in [2.24, 2.45) is 0 Å².